The third-order valence-corrected chi connectivity index (χ3v) is 5.92. The molecular weight excluding hydrogens is 416 g/mol. The van der Waals surface area contributed by atoms with Crippen molar-refractivity contribution in [1.82, 2.24) is 14.3 Å². The van der Waals surface area contributed by atoms with Crippen LogP contribution in [0.3, 0.4) is 0 Å². The van der Waals surface area contributed by atoms with Crippen LogP contribution >= 0.6 is 23.2 Å². The number of benzene rings is 2. The summed E-state index contributed by atoms with van der Waals surface area (Å²) in [6, 6.07) is 10.1. The third-order valence-electron chi connectivity index (χ3n) is 3.64. The van der Waals surface area contributed by atoms with Crippen LogP contribution in [0.1, 0.15) is 10.5 Å². The second kappa shape index (κ2) is 7.30. The molecule has 0 saturated heterocycles. The number of hydrogen-bond acceptors (Lipinski definition) is 4. The van der Waals surface area contributed by atoms with E-state index in [4.69, 9.17) is 23.2 Å². The molecule has 0 aliphatic heterocycles. The van der Waals surface area contributed by atoms with E-state index < -0.39 is 26.6 Å². The zero-order valence-corrected chi connectivity index (χ0v) is 16.1. The number of nitrogens with zero attached hydrogens (tertiary/aromatic N) is 2. The molecule has 0 bridgehead atoms. The Morgan fingerprint density at radius 2 is 1.74 bits per heavy atom. The van der Waals surface area contributed by atoms with Crippen LogP contribution in [0.15, 0.2) is 53.6 Å². The topological polar surface area (TPSA) is 81.1 Å². The summed E-state index contributed by atoms with van der Waals surface area (Å²) in [5.74, 6) is -1.34. The van der Waals surface area contributed by atoms with Crippen molar-refractivity contribution in [3.05, 3.63) is 70.2 Å². The highest BCUT2D eigenvalue weighted by Crippen LogP contribution is 2.29. The van der Waals surface area contributed by atoms with Crippen LogP contribution in [0.5, 0.6) is 0 Å². The molecule has 27 heavy (non-hydrogen) atoms. The molecule has 0 unspecified atom stereocenters. The van der Waals surface area contributed by atoms with Gasteiger partial charge in [0.2, 0.25) is 0 Å². The molecule has 0 aliphatic carbocycles. The van der Waals surface area contributed by atoms with Crippen molar-refractivity contribution >= 4 is 39.1 Å². The van der Waals surface area contributed by atoms with Crippen molar-refractivity contribution in [3.63, 3.8) is 0 Å². The molecule has 2 aromatic carbocycles. The van der Waals surface area contributed by atoms with Gasteiger partial charge in [-0.2, -0.15) is 0 Å². The lowest BCUT2D eigenvalue weighted by atomic mass is 10.2. The van der Waals surface area contributed by atoms with Gasteiger partial charge in [-0.15, -0.1) is 0 Å². The quantitative estimate of drug-likeness (QED) is 0.688. The summed E-state index contributed by atoms with van der Waals surface area (Å²) in [6.45, 7) is 0. The zero-order valence-electron chi connectivity index (χ0n) is 13.8. The molecule has 1 amide bonds. The lowest BCUT2D eigenvalue weighted by Crippen LogP contribution is -2.31. The molecule has 0 fully saturated rings. The van der Waals surface area contributed by atoms with Crippen LogP contribution in [-0.2, 0) is 17.1 Å². The summed E-state index contributed by atoms with van der Waals surface area (Å²) in [7, 11) is -2.77. The Kier molecular flexibility index (Phi) is 5.23. The number of aryl methyl sites for hydroxylation is 1. The Morgan fingerprint density at radius 3 is 2.37 bits per heavy atom. The summed E-state index contributed by atoms with van der Waals surface area (Å²) >= 11 is 11.8. The standard InChI is InChI=1S/C17H12Cl2FN3O3S/c1-23-9-14(21-16(23)10-5-2-3-8-13(10)20)17(24)22-27(25,26)15-11(18)6-4-7-12(15)19/h2-9H,1H3,(H,22,24). The number of aromatic nitrogens is 2. The highest BCUT2D eigenvalue weighted by atomic mass is 35.5. The maximum atomic E-state index is 14.0. The first-order chi connectivity index (χ1) is 12.7. The van der Waals surface area contributed by atoms with E-state index in [0.717, 1.165) is 0 Å². The van der Waals surface area contributed by atoms with E-state index in [9.17, 15) is 17.6 Å². The molecule has 0 spiro atoms. The van der Waals surface area contributed by atoms with E-state index in [-0.39, 0.29) is 27.1 Å². The van der Waals surface area contributed by atoms with Crippen molar-refractivity contribution < 1.29 is 17.6 Å². The van der Waals surface area contributed by atoms with Crippen LogP contribution in [0.25, 0.3) is 11.4 Å². The van der Waals surface area contributed by atoms with E-state index in [1.54, 1.807) is 13.1 Å². The van der Waals surface area contributed by atoms with Crippen LogP contribution in [0.4, 0.5) is 4.39 Å². The van der Waals surface area contributed by atoms with Gasteiger partial charge in [0.15, 0.2) is 0 Å². The Morgan fingerprint density at radius 1 is 1.11 bits per heavy atom. The highest BCUT2D eigenvalue weighted by molar-refractivity contribution is 7.90. The van der Waals surface area contributed by atoms with Gasteiger partial charge in [-0.3, -0.25) is 4.79 Å². The number of hydrogen-bond donors (Lipinski definition) is 1. The van der Waals surface area contributed by atoms with E-state index in [0.29, 0.717) is 0 Å². The Labute approximate surface area is 164 Å². The van der Waals surface area contributed by atoms with Gasteiger partial charge < -0.3 is 4.57 Å². The lowest BCUT2D eigenvalue weighted by molar-refractivity contribution is 0.0977. The average molecular weight is 428 g/mol. The van der Waals surface area contributed by atoms with E-state index in [1.165, 1.54) is 47.2 Å². The highest BCUT2D eigenvalue weighted by Gasteiger charge is 2.26. The number of rotatable bonds is 4. The molecular formula is C17H12Cl2FN3O3S. The van der Waals surface area contributed by atoms with Crippen LogP contribution in [-0.4, -0.2) is 23.9 Å². The molecule has 3 aromatic rings. The summed E-state index contributed by atoms with van der Waals surface area (Å²) in [6.07, 6.45) is 1.29. The largest absolute Gasteiger partial charge is 0.333 e. The average Bonchev–Trinajstić information content (AvgIpc) is 2.96. The fourth-order valence-corrected chi connectivity index (χ4v) is 4.54. The van der Waals surface area contributed by atoms with Gasteiger partial charge in [0.05, 0.1) is 15.6 Å². The molecule has 0 radical (unpaired) electrons. The van der Waals surface area contributed by atoms with Gasteiger partial charge in [-0.25, -0.2) is 22.5 Å². The summed E-state index contributed by atoms with van der Waals surface area (Å²) in [5.41, 5.74) is -0.0291. The van der Waals surface area contributed by atoms with Crippen molar-refractivity contribution in [2.75, 3.05) is 0 Å². The smallest absolute Gasteiger partial charge is 0.285 e. The molecule has 1 N–H and O–H groups in total. The maximum absolute atomic E-state index is 14.0. The molecule has 0 saturated carbocycles. The molecule has 140 valence electrons. The van der Waals surface area contributed by atoms with Gasteiger partial charge in [0.25, 0.3) is 15.9 Å². The first-order valence-corrected chi connectivity index (χ1v) is 9.74. The fraction of sp³-hybridized carbons (Fsp3) is 0.0588. The Bertz CT molecular complexity index is 1130. The monoisotopic (exact) mass is 427 g/mol. The molecule has 0 atom stereocenters. The number of carbonyl (C=O) groups excluding carboxylic acids is 1. The Hall–Kier alpha value is -2.42. The second-order valence-corrected chi connectivity index (χ2v) is 7.96. The molecule has 1 aromatic heterocycles. The normalized spacial score (nSPS) is 11.4. The molecule has 3 rings (SSSR count). The molecule has 1 heterocycles. The number of carbonyl (C=O) groups is 1. The Balaban J connectivity index is 1.94. The number of amides is 1. The van der Waals surface area contributed by atoms with Crippen LogP contribution in [0, 0.1) is 5.82 Å². The molecule has 10 heteroatoms. The summed E-state index contributed by atoms with van der Waals surface area (Å²) in [5, 5.41) is -0.258. The van der Waals surface area contributed by atoms with Crippen molar-refractivity contribution in [2.24, 2.45) is 7.05 Å². The van der Waals surface area contributed by atoms with Gasteiger partial charge >= 0.3 is 0 Å². The number of nitrogens with one attached hydrogen (secondary N) is 1. The van der Waals surface area contributed by atoms with Crippen molar-refractivity contribution in [3.8, 4) is 11.4 Å². The molecule has 0 aliphatic rings. The predicted octanol–water partition coefficient (Wildman–Crippen LogP) is 3.65. The fourth-order valence-electron chi connectivity index (χ4n) is 2.43. The van der Waals surface area contributed by atoms with Crippen molar-refractivity contribution in [2.45, 2.75) is 4.90 Å². The number of halogens is 3. The third kappa shape index (κ3) is 3.83. The van der Waals surface area contributed by atoms with Crippen LogP contribution in [0.2, 0.25) is 10.0 Å². The van der Waals surface area contributed by atoms with Gasteiger partial charge in [-0.05, 0) is 24.3 Å². The molecule has 6 nitrogen and oxygen atoms in total. The zero-order chi connectivity index (χ0) is 19.8. The summed E-state index contributed by atoms with van der Waals surface area (Å²) in [4.78, 5) is 16.0. The van der Waals surface area contributed by atoms with Gasteiger partial charge in [-0.1, -0.05) is 41.4 Å². The van der Waals surface area contributed by atoms with E-state index >= 15 is 0 Å². The van der Waals surface area contributed by atoms with E-state index in [2.05, 4.69) is 4.98 Å². The first-order valence-electron chi connectivity index (χ1n) is 7.50. The van der Waals surface area contributed by atoms with Gasteiger partial charge in [0, 0.05) is 13.2 Å². The minimum absolute atomic E-state index is 0.129. The van der Waals surface area contributed by atoms with E-state index in [1.807, 2.05) is 4.72 Å². The number of imidazole rings is 1. The SMILES string of the molecule is Cn1cc(C(=O)NS(=O)(=O)c2c(Cl)cccc2Cl)nc1-c1ccccc1F. The second-order valence-electron chi connectivity index (χ2n) is 5.53. The van der Waals surface area contributed by atoms with Crippen LogP contribution < -0.4 is 4.72 Å². The number of sulfonamides is 1. The first kappa shape index (κ1) is 19.3. The lowest BCUT2D eigenvalue weighted by Gasteiger charge is -2.08. The maximum Gasteiger partial charge on any atom is 0.285 e. The van der Waals surface area contributed by atoms with Gasteiger partial charge in [0.1, 0.15) is 22.2 Å². The van der Waals surface area contributed by atoms with Crippen molar-refractivity contribution in [1.29, 1.82) is 0 Å². The minimum atomic E-state index is -4.33. The minimum Gasteiger partial charge on any atom is -0.333 e. The predicted molar refractivity (Wildman–Crippen MR) is 99.7 cm³/mol. The summed E-state index contributed by atoms with van der Waals surface area (Å²) < 4.78 is 42.2.